The quantitative estimate of drug-likeness (QED) is 0.518. The Hall–Kier alpha value is -2.53. The van der Waals surface area contributed by atoms with E-state index < -0.39 is 0 Å². The van der Waals surface area contributed by atoms with E-state index in [-0.39, 0.29) is 0 Å². The van der Waals surface area contributed by atoms with E-state index in [1.807, 2.05) is 24.4 Å². The number of rotatable bonds is 4. The van der Waals surface area contributed by atoms with E-state index in [2.05, 4.69) is 24.0 Å². The number of hydrogen-bond acceptors (Lipinski definition) is 4. The van der Waals surface area contributed by atoms with Crippen molar-refractivity contribution in [3.63, 3.8) is 0 Å². The Labute approximate surface area is 150 Å². The Kier molecular flexibility index (Phi) is 3.88. The van der Waals surface area contributed by atoms with Gasteiger partial charge < -0.3 is 9.26 Å². The Morgan fingerprint density at radius 2 is 2.00 bits per heavy atom. The van der Waals surface area contributed by atoms with Crippen LogP contribution in [-0.2, 0) is 12.8 Å². The predicted octanol–water partition coefficient (Wildman–Crippen LogP) is 4.98. The van der Waals surface area contributed by atoms with Gasteiger partial charge in [-0.05, 0) is 24.6 Å². The summed E-state index contributed by atoms with van der Waals surface area (Å²) in [6.07, 6.45) is 5.11. The zero-order valence-corrected chi connectivity index (χ0v) is 15.1. The summed E-state index contributed by atoms with van der Waals surface area (Å²) in [6.45, 7) is 4.12. The highest BCUT2D eigenvalue weighted by atomic mass is 35.5. The molecule has 0 bridgehead atoms. The van der Waals surface area contributed by atoms with E-state index in [9.17, 15) is 0 Å². The molecule has 0 spiro atoms. The van der Waals surface area contributed by atoms with Crippen LogP contribution in [0.1, 0.15) is 25.3 Å². The first kappa shape index (κ1) is 16.0. The van der Waals surface area contributed by atoms with E-state index in [0.717, 1.165) is 63.0 Å². The number of aryl methyl sites for hydroxylation is 2. The smallest absolute Gasteiger partial charge is 0.144 e. The number of halogens is 1. The fourth-order valence-electron chi connectivity index (χ4n) is 3.36. The van der Waals surface area contributed by atoms with Crippen molar-refractivity contribution in [3.8, 4) is 16.9 Å². The van der Waals surface area contributed by atoms with E-state index in [4.69, 9.17) is 21.0 Å². The summed E-state index contributed by atoms with van der Waals surface area (Å²) < 4.78 is 12.9. The lowest BCUT2D eigenvalue weighted by Crippen LogP contribution is -1.93. The largest absolute Gasteiger partial charge is 0.496 e. The van der Waals surface area contributed by atoms with Crippen LogP contribution in [0, 0.1) is 0 Å². The van der Waals surface area contributed by atoms with Crippen LogP contribution < -0.4 is 4.74 Å². The van der Waals surface area contributed by atoms with Crippen molar-refractivity contribution >= 4 is 33.6 Å². The van der Waals surface area contributed by atoms with Crippen molar-refractivity contribution in [2.75, 3.05) is 7.11 Å². The molecular weight excluding hydrogens is 338 g/mol. The molecule has 4 aromatic rings. The van der Waals surface area contributed by atoms with Crippen molar-refractivity contribution in [2.24, 2.45) is 0 Å². The summed E-state index contributed by atoms with van der Waals surface area (Å²) in [7, 11) is 1.67. The van der Waals surface area contributed by atoms with Crippen LogP contribution in [0.2, 0.25) is 0 Å². The third-order valence-electron chi connectivity index (χ3n) is 4.59. The van der Waals surface area contributed by atoms with E-state index in [1.165, 1.54) is 0 Å². The predicted molar refractivity (Wildman–Crippen MR) is 99.3 cm³/mol. The number of aromatic nitrogens is 3. The molecule has 3 heterocycles. The lowest BCUT2D eigenvalue weighted by atomic mass is 9.98. The maximum atomic E-state index is 6.58. The van der Waals surface area contributed by atoms with Gasteiger partial charge in [0.2, 0.25) is 0 Å². The molecular formula is C19H18ClN3O2. The molecule has 0 amide bonds. The minimum absolute atomic E-state index is 0.761. The van der Waals surface area contributed by atoms with Gasteiger partial charge in [-0.25, -0.2) is 0 Å². The van der Waals surface area contributed by atoms with Crippen molar-refractivity contribution < 1.29 is 9.26 Å². The average molecular weight is 356 g/mol. The minimum Gasteiger partial charge on any atom is -0.496 e. The number of fused-ring (bicyclic) bond motifs is 3. The Bertz CT molecular complexity index is 1060. The molecule has 0 radical (unpaired) electrons. The summed E-state index contributed by atoms with van der Waals surface area (Å²) in [5, 5.41) is 6.22. The summed E-state index contributed by atoms with van der Waals surface area (Å²) in [6, 6.07) is 5.97. The van der Waals surface area contributed by atoms with Crippen LogP contribution >= 0.6 is 11.8 Å². The highest BCUT2D eigenvalue weighted by Gasteiger charge is 2.21. The SMILES string of the molecule is CCc1noc(CC)c1-c1cc2c(cc1OC)c1cnccc1n2Cl. The first-order valence-corrected chi connectivity index (χ1v) is 8.63. The van der Waals surface area contributed by atoms with Gasteiger partial charge in [0, 0.05) is 46.9 Å². The molecule has 3 aromatic heterocycles. The van der Waals surface area contributed by atoms with Crippen molar-refractivity contribution in [1.29, 1.82) is 0 Å². The second-order valence-corrected chi connectivity index (χ2v) is 6.22. The molecule has 0 saturated heterocycles. The van der Waals surface area contributed by atoms with Gasteiger partial charge in [-0.1, -0.05) is 19.0 Å². The van der Waals surface area contributed by atoms with Gasteiger partial charge in [-0.15, -0.1) is 0 Å². The van der Waals surface area contributed by atoms with Gasteiger partial charge in [0.1, 0.15) is 11.5 Å². The van der Waals surface area contributed by atoms with Gasteiger partial charge in [0.15, 0.2) is 0 Å². The summed E-state index contributed by atoms with van der Waals surface area (Å²) >= 11 is 6.58. The molecule has 0 fully saturated rings. The van der Waals surface area contributed by atoms with Crippen LogP contribution in [0.25, 0.3) is 32.9 Å². The third kappa shape index (κ3) is 2.30. The molecule has 25 heavy (non-hydrogen) atoms. The number of nitrogens with zero attached hydrogens (tertiary/aromatic N) is 3. The molecule has 128 valence electrons. The third-order valence-corrected chi connectivity index (χ3v) is 4.95. The van der Waals surface area contributed by atoms with Crippen molar-refractivity contribution in [3.05, 3.63) is 42.0 Å². The van der Waals surface area contributed by atoms with Gasteiger partial charge in [-0.3, -0.25) is 9.07 Å². The van der Waals surface area contributed by atoms with Crippen LogP contribution in [0.5, 0.6) is 5.75 Å². The monoisotopic (exact) mass is 355 g/mol. The number of ether oxygens (including phenoxy) is 1. The Morgan fingerprint density at radius 1 is 1.16 bits per heavy atom. The van der Waals surface area contributed by atoms with Crippen LogP contribution in [0.3, 0.4) is 0 Å². The Morgan fingerprint density at radius 3 is 2.72 bits per heavy atom. The van der Waals surface area contributed by atoms with Crippen LogP contribution in [0.4, 0.5) is 0 Å². The summed E-state index contributed by atoms with van der Waals surface area (Å²) in [5.41, 5.74) is 4.70. The molecule has 0 aliphatic heterocycles. The fourth-order valence-corrected chi connectivity index (χ4v) is 3.64. The number of pyridine rings is 1. The van der Waals surface area contributed by atoms with Crippen molar-refractivity contribution in [1.82, 2.24) is 14.2 Å². The van der Waals surface area contributed by atoms with E-state index in [0.29, 0.717) is 0 Å². The number of benzene rings is 1. The molecule has 0 atom stereocenters. The van der Waals surface area contributed by atoms with Crippen LogP contribution in [-0.4, -0.2) is 21.3 Å². The van der Waals surface area contributed by atoms with E-state index >= 15 is 0 Å². The summed E-state index contributed by atoms with van der Waals surface area (Å²) in [5.74, 6) is 1.63. The molecule has 4 rings (SSSR count). The molecule has 1 aromatic carbocycles. The second kappa shape index (κ2) is 6.08. The van der Waals surface area contributed by atoms with Gasteiger partial charge in [-0.2, -0.15) is 0 Å². The molecule has 0 unspecified atom stereocenters. The van der Waals surface area contributed by atoms with Crippen molar-refractivity contribution in [2.45, 2.75) is 26.7 Å². The normalized spacial score (nSPS) is 11.5. The molecule has 0 saturated carbocycles. The molecule has 0 N–H and O–H groups in total. The fraction of sp³-hybridized carbons (Fsp3) is 0.263. The maximum absolute atomic E-state index is 6.58. The topological polar surface area (TPSA) is 53.1 Å². The molecule has 5 nitrogen and oxygen atoms in total. The number of hydrogen-bond donors (Lipinski definition) is 0. The van der Waals surface area contributed by atoms with Gasteiger partial charge in [0.25, 0.3) is 0 Å². The molecule has 6 heteroatoms. The number of methoxy groups -OCH3 is 1. The Balaban J connectivity index is 2.10. The molecule has 0 aliphatic carbocycles. The highest BCUT2D eigenvalue weighted by molar-refractivity contribution is 6.26. The van der Waals surface area contributed by atoms with E-state index in [1.54, 1.807) is 17.4 Å². The zero-order chi connectivity index (χ0) is 17.6. The van der Waals surface area contributed by atoms with Gasteiger partial charge >= 0.3 is 0 Å². The van der Waals surface area contributed by atoms with Crippen LogP contribution in [0.15, 0.2) is 35.1 Å². The van der Waals surface area contributed by atoms with Gasteiger partial charge in [0.05, 0.1) is 29.4 Å². The highest BCUT2D eigenvalue weighted by Crippen LogP contribution is 2.41. The first-order chi connectivity index (χ1) is 12.2. The lowest BCUT2D eigenvalue weighted by Gasteiger charge is -2.10. The first-order valence-electron chi connectivity index (χ1n) is 8.29. The summed E-state index contributed by atoms with van der Waals surface area (Å²) in [4.78, 5) is 4.22. The lowest BCUT2D eigenvalue weighted by molar-refractivity contribution is 0.381. The minimum atomic E-state index is 0.761. The second-order valence-electron chi connectivity index (χ2n) is 5.88. The molecule has 0 aliphatic rings. The zero-order valence-electron chi connectivity index (χ0n) is 14.3. The average Bonchev–Trinajstić information content (AvgIpc) is 3.20. The standard InChI is InChI=1S/C19H18ClN3O2/c1-4-14-19(17(5-2)25-22-14)12-8-16-11(9-18(12)24-3)13-10-21-7-6-15(13)23(16)20/h6-10H,4-5H2,1-3H3. The maximum Gasteiger partial charge on any atom is 0.144 e.